The van der Waals surface area contributed by atoms with Crippen molar-refractivity contribution in [3.63, 3.8) is 0 Å². The van der Waals surface area contributed by atoms with Gasteiger partial charge in [0.2, 0.25) is 5.91 Å². The molecule has 7 heteroatoms. The molecule has 0 radical (unpaired) electrons. The molecule has 34 heavy (non-hydrogen) atoms. The lowest BCUT2D eigenvalue weighted by Gasteiger charge is -2.27. The van der Waals surface area contributed by atoms with Crippen molar-refractivity contribution >= 4 is 51.8 Å². The minimum atomic E-state index is -0.186. The third-order valence-electron chi connectivity index (χ3n) is 6.76. The fraction of sp³-hybridized carbons (Fsp3) is 0.296. The summed E-state index contributed by atoms with van der Waals surface area (Å²) in [4.78, 5) is 29.7. The summed E-state index contributed by atoms with van der Waals surface area (Å²) in [5.74, 6) is -0.0497. The van der Waals surface area contributed by atoms with E-state index in [0.717, 1.165) is 59.2 Å². The second kappa shape index (κ2) is 9.06. The lowest BCUT2D eigenvalue weighted by molar-refractivity contribution is -0.132. The Balaban J connectivity index is 1.46. The van der Waals surface area contributed by atoms with Crippen LogP contribution in [0, 0.1) is 13.8 Å². The van der Waals surface area contributed by atoms with Crippen molar-refractivity contribution in [3.05, 3.63) is 71.0 Å². The van der Waals surface area contributed by atoms with E-state index in [4.69, 9.17) is 12.2 Å². The molecule has 3 heterocycles. The lowest BCUT2D eigenvalue weighted by atomic mass is 10.1. The molecule has 1 aromatic heterocycles. The maximum absolute atomic E-state index is 13.3. The van der Waals surface area contributed by atoms with E-state index in [9.17, 15) is 9.59 Å². The first kappa shape index (κ1) is 22.3. The predicted molar refractivity (Wildman–Crippen MR) is 139 cm³/mol. The third kappa shape index (κ3) is 4.12. The number of aryl methyl sites for hydroxylation is 2. The number of likely N-dealkylation sites (tertiary alicyclic amines) is 1. The molecule has 2 amide bonds. The Morgan fingerprint density at radius 3 is 2.59 bits per heavy atom. The first-order valence-corrected chi connectivity index (χ1v) is 12.1. The van der Waals surface area contributed by atoms with Crippen LogP contribution in [0.2, 0.25) is 0 Å². The normalized spacial score (nSPS) is 17.6. The SMILES string of the molecule is Cc1ccc(N2C(=O)/C(=C/c3cn(CC(=O)N4CCCCC4)c4ccccc34)NC2=S)cc1C. The Hall–Kier alpha value is -3.45. The van der Waals surface area contributed by atoms with Gasteiger partial charge in [0.1, 0.15) is 12.2 Å². The number of amides is 2. The van der Waals surface area contributed by atoms with Crippen LogP contribution in [0.5, 0.6) is 0 Å². The summed E-state index contributed by atoms with van der Waals surface area (Å²) in [5.41, 5.74) is 5.29. The molecular weight excluding hydrogens is 444 g/mol. The number of carbonyl (C=O) groups excluding carboxylic acids is 2. The number of hydrogen-bond acceptors (Lipinski definition) is 3. The van der Waals surface area contributed by atoms with Crippen LogP contribution < -0.4 is 10.2 Å². The van der Waals surface area contributed by atoms with Crippen LogP contribution in [-0.2, 0) is 16.1 Å². The van der Waals surface area contributed by atoms with E-state index in [1.165, 1.54) is 11.3 Å². The molecule has 0 aliphatic carbocycles. The summed E-state index contributed by atoms with van der Waals surface area (Å²) in [6.45, 7) is 6.02. The molecule has 0 atom stereocenters. The Morgan fingerprint density at radius 1 is 1.06 bits per heavy atom. The number of thiocarbonyl (C=S) groups is 1. The zero-order valence-electron chi connectivity index (χ0n) is 19.5. The van der Waals surface area contributed by atoms with Gasteiger partial charge in [-0.2, -0.15) is 0 Å². The van der Waals surface area contributed by atoms with E-state index in [-0.39, 0.29) is 18.4 Å². The average Bonchev–Trinajstić information content (AvgIpc) is 3.32. The zero-order valence-corrected chi connectivity index (χ0v) is 20.3. The van der Waals surface area contributed by atoms with Crippen molar-refractivity contribution in [2.75, 3.05) is 18.0 Å². The number of nitrogens with zero attached hydrogens (tertiary/aromatic N) is 3. The molecule has 6 nitrogen and oxygen atoms in total. The second-order valence-corrected chi connectivity index (χ2v) is 9.45. The molecule has 1 N–H and O–H groups in total. The van der Waals surface area contributed by atoms with E-state index in [1.807, 2.05) is 78.1 Å². The number of carbonyl (C=O) groups is 2. The van der Waals surface area contributed by atoms with E-state index in [0.29, 0.717) is 10.8 Å². The summed E-state index contributed by atoms with van der Waals surface area (Å²) in [6.07, 6.45) is 7.12. The number of rotatable bonds is 4. The Kier molecular flexibility index (Phi) is 5.96. The van der Waals surface area contributed by atoms with Gasteiger partial charge in [-0.05, 0) is 80.7 Å². The minimum Gasteiger partial charge on any atom is -0.341 e. The van der Waals surface area contributed by atoms with Crippen molar-refractivity contribution in [3.8, 4) is 0 Å². The van der Waals surface area contributed by atoms with Crippen molar-refractivity contribution in [2.45, 2.75) is 39.7 Å². The molecule has 2 aromatic carbocycles. The fourth-order valence-corrected chi connectivity index (χ4v) is 5.00. The molecule has 0 saturated carbocycles. The van der Waals surface area contributed by atoms with Crippen LogP contribution in [0.25, 0.3) is 17.0 Å². The average molecular weight is 473 g/mol. The predicted octanol–water partition coefficient (Wildman–Crippen LogP) is 4.53. The number of hydrogen-bond donors (Lipinski definition) is 1. The van der Waals surface area contributed by atoms with Gasteiger partial charge in [-0.15, -0.1) is 0 Å². The molecular formula is C27H28N4O2S. The monoisotopic (exact) mass is 472 g/mol. The highest BCUT2D eigenvalue weighted by Crippen LogP contribution is 2.28. The number of piperidine rings is 1. The molecule has 174 valence electrons. The third-order valence-corrected chi connectivity index (χ3v) is 7.05. The van der Waals surface area contributed by atoms with Gasteiger partial charge in [0.25, 0.3) is 5.91 Å². The summed E-state index contributed by atoms with van der Waals surface area (Å²) < 4.78 is 1.98. The maximum atomic E-state index is 13.3. The van der Waals surface area contributed by atoms with Crippen LogP contribution >= 0.6 is 12.2 Å². The molecule has 2 fully saturated rings. The van der Waals surface area contributed by atoms with Gasteiger partial charge in [-0.3, -0.25) is 14.5 Å². The molecule has 2 aliphatic heterocycles. The van der Waals surface area contributed by atoms with Gasteiger partial charge >= 0.3 is 0 Å². The van der Waals surface area contributed by atoms with Gasteiger partial charge in [0.15, 0.2) is 5.11 Å². The summed E-state index contributed by atoms with van der Waals surface area (Å²) in [7, 11) is 0. The Bertz CT molecular complexity index is 1330. The molecule has 3 aromatic rings. The van der Waals surface area contributed by atoms with Crippen molar-refractivity contribution in [2.24, 2.45) is 0 Å². The highest BCUT2D eigenvalue weighted by atomic mass is 32.1. The Morgan fingerprint density at radius 2 is 1.82 bits per heavy atom. The highest BCUT2D eigenvalue weighted by molar-refractivity contribution is 7.80. The van der Waals surface area contributed by atoms with Crippen molar-refractivity contribution in [1.82, 2.24) is 14.8 Å². The summed E-state index contributed by atoms with van der Waals surface area (Å²) in [6, 6.07) is 13.8. The minimum absolute atomic E-state index is 0.136. The van der Waals surface area contributed by atoms with Gasteiger partial charge in [-0.1, -0.05) is 24.3 Å². The number of benzene rings is 2. The molecule has 5 rings (SSSR count). The smallest absolute Gasteiger partial charge is 0.281 e. The second-order valence-electron chi connectivity index (χ2n) is 9.07. The van der Waals surface area contributed by atoms with E-state index < -0.39 is 0 Å². The van der Waals surface area contributed by atoms with Gasteiger partial charge in [-0.25, -0.2) is 0 Å². The first-order chi connectivity index (χ1) is 16.4. The quantitative estimate of drug-likeness (QED) is 0.448. The molecule has 0 bridgehead atoms. The maximum Gasteiger partial charge on any atom is 0.281 e. The number of nitrogens with one attached hydrogen (secondary N) is 1. The Labute approximate surface area is 204 Å². The number of para-hydroxylation sites is 1. The summed E-state index contributed by atoms with van der Waals surface area (Å²) in [5, 5.41) is 4.44. The van der Waals surface area contributed by atoms with E-state index in [2.05, 4.69) is 5.32 Å². The van der Waals surface area contributed by atoms with Crippen molar-refractivity contribution < 1.29 is 9.59 Å². The molecule has 2 aliphatic rings. The van der Waals surface area contributed by atoms with E-state index >= 15 is 0 Å². The molecule has 2 saturated heterocycles. The van der Waals surface area contributed by atoms with Gasteiger partial charge in [0.05, 0.1) is 5.69 Å². The summed E-state index contributed by atoms with van der Waals surface area (Å²) >= 11 is 5.50. The topological polar surface area (TPSA) is 57.6 Å². The van der Waals surface area contributed by atoms with Crippen LogP contribution in [0.15, 0.2) is 54.4 Å². The lowest BCUT2D eigenvalue weighted by Crippen LogP contribution is -2.37. The van der Waals surface area contributed by atoms with E-state index in [1.54, 1.807) is 0 Å². The highest BCUT2D eigenvalue weighted by Gasteiger charge is 2.32. The van der Waals surface area contributed by atoms with Gasteiger partial charge in [0, 0.05) is 35.8 Å². The van der Waals surface area contributed by atoms with Crippen LogP contribution in [0.4, 0.5) is 5.69 Å². The van der Waals surface area contributed by atoms with Crippen LogP contribution in [0.1, 0.15) is 36.0 Å². The van der Waals surface area contributed by atoms with Crippen LogP contribution in [0.3, 0.4) is 0 Å². The number of anilines is 1. The fourth-order valence-electron chi connectivity index (χ4n) is 4.70. The largest absolute Gasteiger partial charge is 0.341 e. The first-order valence-electron chi connectivity index (χ1n) is 11.7. The van der Waals surface area contributed by atoms with Gasteiger partial charge < -0.3 is 14.8 Å². The van der Waals surface area contributed by atoms with Crippen molar-refractivity contribution in [1.29, 1.82) is 0 Å². The molecule has 0 spiro atoms. The standard InChI is InChI=1S/C27H28N4O2S/c1-18-10-11-21(14-19(18)2)31-26(33)23(28-27(31)34)15-20-16-30(24-9-5-4-8-22(20)24)17-25(32)29-12-6-3-7-13-29/h4-5,8-11,14-16H,3,6-7,12-13,17H2,1-2H3,(H,28,34)/b23-15-. The number of fused-ring (bicyclic) bond motifs is 1. The number of aromatic nitrogens is 1. The molecule has 0 unspecified atom stereocenters. The zero-order chi connectivity index (χ0) is 23.8. The van der Waals surface area contributed by atoms with Crippen LogP contribution in [-0.4, -0.2) is 39.5 Å².